The van der Waals surface area contributed by atoms with Gasteiger partial charge in [0, 0.05) is 33.4 Å². The first-order valence-electron chi connectivity index (χ1n) is 10.3. The number of carbonyl (C=O) groups is 1. The summed E-state index contributed by atoms with van der Waals surface area (Å²) in [5.74, 6) is 0.0509. The van der Waals surface area contributed by atoms with Crippen molar-refractivity contribution < 1.29 is 9.72 Å². The van der Waals surface area contributed by atoms with Gasteiger partial charge in [-0.15, -0.1) is 0 Å². The highest BCUT2D eigenvalue weighted by molar-refractivity contribution is 6.35. The smallest absolute Gasteiger partial charge is 0.305 e. The molecule has 0 saturated heterocycles. The molecule has 0 aliphatic carbocycles. The van der Waals surface area contributed by atoms with Crippen molar-refractivity contribution in [3.05, 3.63) is 103 Å². The van der Waals surface area contributed by atoms with Gasteiger partial charge in [-0.1, -0.05) is 41.4 Å². The fraction of sp³-hybridized carbons (Fsp3) is 0.174. The van der Waals surface area contributed by atoms with Crippen molar-refractivity contribution in [1.29, 1.82) is 0 Å². The predicted molar refractivity (Wildman–Crippen MR) is 130 cm³/mol. The number of aryl methyl sites for hydroxylation is 1. The van der Waals surface area contributed by atoms with Crippen molar-refractivity contribution in [2.75, 3.05) is 5.32 Å². The van der Waals surface area contributed by atoms with E-state index in [1.54, 1.807) is 71.9 Å². The molecule has 2 heterocycles. The van der Waals surface area contributed by atoms with Gasteiger partial charge >= 0.3 is 5.69 Å². The molecule has 4 aromatic rings. The maximum Gasteiger partial charge on any atom is 0.312 e. The van der Waals surface area contributed by atoms with Crippen LogP contribution in [-0.4, -0.2) is 30.4 Å². The number of amides is 1. The lowest BCUT2D eigenvalue weighted by Gasteiger charge is -2.08. The van der Waals surface area contributed by atoms with Crippen LogP contribution in [0.2, 0.25) is 10.0 Å². The number of rotatable bonds is 7. The standard InChI is InChI=1S/C23H20Cl2N6O3/c1-14-22(31(33)34)15(2)30(27-14)12-16-5-3-6-17(11-16)23(32)26-21-9-10-29(28-21)13-18-19(24)7-4-8-20(18)25/h3-11H,12-13H2,1-2H3,(H,26,28,32). The minimum atomic E-state index is -0.434. The molecule has 0 bridgehead atoms. The number of halogens is 2. The fourth-order valence-electron chi connectivity index (χ4n) is 3.64. The summed E-state index contributed by atoms with van der Waals surface area (Å²) in [6.07, 6.45) is 1.72. The maximum absolute atomic E-state index is 12.8. The van der Waals surface area contributed by atoms with Crippen LogP contribution in [0.25, 0.3) is 0 Å². The van der Waals surface area contributed by atoms with E-state index in [9.17, 15) is 14.9 Å². The van der Waals surface area contributed by atoms with Crippen molar-refractivity contribution in [3.63, 3.8) is 0 Å². The van der Waals surface area contributed by atoms with Crippen LogP contribution >= 0.6 is 23.2 Å². The quantitative estimate of drug-likeness (QED) is 0.276. The molecule has 1 amide bonds. The number of anilines is 1. The van der Waals surface area contributed by atoms with Crippen LogP contribution in [0, 0.1) is 24.0 Å². The lowest BCUT2D eigenvalue weighted by atomic mass is 10.1. The van der Waals surface area contributed by atoms with Crippen LogP contribution in [-0.2, 0) is 13.1 Å². The average Bonchev–Trinajstić information content (AvgIpc) is 3.34. The number of nitro groups is 1. The summed E-state index contributed by atoms with van der Waals surface area (Å²) in [6, 6.07) is 14.0. The monoisotopic (exact) mass is 498 g/mol. The van der Waals surface area contributed by atoms with E-state index in [0.29, 0.717) is 45.9 Å². The summed E-state index contributed by atoms with van der Waals surface area (Å²) in [7, 11) is 0. The lowest BCUT2D eigenvalue weighted by Crippen LogP contribution is -2.14. The topological polar surface area (TPSA) is 108 Å². The SMILES string of the molecule is Cc1nn(Cc2cccc(C(=O)Nc3ccn(Cc4c(Cl)cccc4Cl)n3)c2)c(C)c1[N+](=O)[O-]. The third-order valence-corrected chi connectivity index (χ3v) is 6.02. The molecule has 0 radical (unpaired) electrons. The zero-order chi connectivity index (χ0) is 24.4. The second kappa shape index (κ2) is 9.66. The summed E-state index contributed by atoms with van der Waals surface area (Å²) in [6.45, 7) is 3.92. The van der Waals surface area contributed by atoms with Gasteiger partial charge in [0.05, 0.1) is 18.0 Å². The highest BCUT2D eigenvalue weighted by Gasteiger charge is 2.22. The summed E-state index contributed by atoms with van der Waals surface area (Å²) in [5.41, 5.74) is 2.77. The molecule has 2 aromatic heterocycles. The van der Waals surface area contributed by atoms with Gasteiger partial charge < -0.3 is 5.32 Å². The Morgan fingerprint density at radius 2 is 1.76 bits per heavy atom. The van der Waals surface area contributed by atoms with Crippen LogP contribution in [0.1, 0.15) is 32.9 Å². The van der Waals surface area contributed by atoms with E-state index in [-0.39, 0.29) is 11.6 Å². The number of hydrogen-bond donors (Lipinski definition) is 1. The highest BCUT2D eigenvalue weighted by atomic mass is 35.5. The zero-order valence-electron chi connectivity index (χ0n) is 18.3. The minimum absolute atomic E-state index is 0.00237. The van der Waals surface area contributed by atoms with Crippen molar-refractivity contribution in [2.24, 2.45) is 0 Å². The maximum atomic E-state index is 12.8. The lowest BCUT2D eigenvalue weighted by molar-refractivity contribution is -0.386. The van der Waals surface area contributed by atoms with Crippen LogP contribution in [0.15, 0.2) is 54.7 Å². The Bertz CT molecular complexity index is 1380. The van der Waals surface area contributed by atoms with Gasteiger partial charge in [-0.3, -0.25) is 24.3 Å². The number of hydrogen-bond acceptors (Lipinski definition) is 5. The molecule has 4 rings (SSSR count). The predicted octanol–water partition coefficient (Wildman–Crippen LogP) is 5.26. The first-order chi connectivity index (χ1) is 16.2. The average molecular weight is 499 g/mol. The van der Waals surface area contributed by atoms with Crippen LogP contribution in [0.3, 0.4) is 0 Å². The molecule has 0 unspecified atom stereocenters. The Hall–Kier alpha value is -3.69. The Morgan fingerprint density at radius 3 is 2.44 bits per heavy atom. The van der Waals surface area contributed by atoms with Crippen molar-refractivity contribution in [3.8, 4) is 0 Å². The summed E-state index contributed by atoms with van der Waals surface area (Å²) < 4.78 is 3.20. The molecule has 9 nitrogen and oxygen atoms in total. The molecule has 11 heteroatoms. The molecule has 174 valence electrons. The number of carbonyl (C=O) groups excluding carboxylic acids is 1. The molecule has 0 fully saturated rings. The first-order valence-corrected chi connectivity index (χ1v) is 11.0. The van der Waals surface area contributed by atoms with E-state index >= 15 is 0 Å². The zero-order valence-corrected chi connectivity index (χ0v) is 19.8. The number of nitrogens with zero attached hydrogens (tertiary/aromatic N) is 5. The van der Waals surface area contributed by atoms with Gasteiger partial charge in [-0.2, -0.15) is 10.2 Å². The van der Waals surface area contributed by atoms with Gasteiger partial charge in [0.25, 0.3) is 5.91 Å². The minimum Gasteiger partial charge on any atom is -0.305 e. The fourth-order valence-corrected chi connectivity index (χ4v) is 4.16. The third-order valence-electron chi connectivity index (χ3n) is 5.31. The van der Waals surface area contributed by atoms with Gasteiger partial charge in [0.1, 0.15) is 11.4 Å². The number of benzene rings is 2. The third kappa shape index (κ3) is 4.95. The van der Waals surface area contributed by atoms with E-state index in [0.717, 1.165) is 11.1 Å². The normalized spacial score (nSPS) is 10.9. The van der Waals surface area contributed by atoms with Crippen LogP contribution in [0.5, 0.6) is 0 Å². The van der Waals surface area contributed by atoms with Crippen molar-refractivity contribution in [2.45, 2.75) is 26.9 Å². The molecular weight excluding hydrogens is 479 g/mol. The molecular formula is C23H20Cl2N6O3. The molecule has 0 atom stereocenters. The summed E-state index contributed by atoms with van der Waals surface area (Å²) in [5, 5.41) is 23.7. The Labute approximate surface area is 205 Å². The van der Waals surface area contributed by atoms with Crippen LogP contribution in [0.4, 0.5) is 11.5 Å². The van der Waals surface area contributed by atoms with E-state index in [4.69, 9.17) is 23.2 Å². The molecule has 2 aromatic carbocycles. The second-order valence-electron chi connectivity index (χ2n) is 7.69. The van der Waals surface area contributed by atoms with Gasteiger partial charge in [-0.05, 0) is 43.7 Å². The Kier molecular flexibility index (Phi) is 6.67. The molecule has 34 heavy (non-hydrogen) atoms. The first kappa shape index (κ1) is 23.5. The van der Waals surface area contributed by atoms with E-state index in [1.165, 1.54) is 0 Å². The number of aromatic nitrogens is 4. The van der Waals surface area contributed by atoms with E-state index < -0.39 is 4.92 Å². The van der Waals surface area contributed by atoms with Gasteiger partial charge in [-0.25, -0.2) is 0 Å². The summed E-state index contributed by atoms with van der Waals surface area (Å²) >= 11 is 12.4. The van der Waals surface area contributed by atoms with Crippen molar-refractivity contribution in [1.82, 2.24) is 19.6 Å². The van der Waals surface area contributed by atoms with Gasteiger partial charge in [0.15, 0.2) is 5.82 Å². The molecule has 0 aliphatic heterocycles. The molecule has 0 aliphatic rings. The van der Waals surface area contributed by atoms with Crippen molar-refractivity contribution >= 4 is 40.6 Å². The largest absolute Gasteiger partial charge is 0.312 e. The highest BCUT2D eigenvalue weighted by Crippen LogP contribution is 2.25. The van der Waals surface area contributed by atoms with Crippen LogP contribution < -0.4 is 5.32 Å². The van der Waals surface area contributed by atoms with E-state index in [1.807, 2.05) is 6.07 Å². The molecule has 1 N–H and O–H groups in total. The Morgan fingerprint density at radius 1 is 1.06 bits per heavy atom. The summed E-state index contributed by atoms with van der Waals surface area (Å²) in [4.78, 5) is 23.6. The second-order valence-corrected chi connectivity index (χ2v) is 8.50. The molecule has 0 saturated carbocycles. The Balaban J connectivity index is 1.46. The van der Waals surface area contributed by atoms with E-state index in [2.05, 4.69) is 15.5 Å². The number of nitrogens with one attached hydrogen (secondary N) is 1. The molecule has 0 spiro atoms. The van der Waals surface area contributed by atoms with Gasteiger partial charge in [0.2, 0.25) is 0 Å².